The van der Waals surface area contributed by atoms with Gasteiger partial charge in [-0.25, -0.2) is 4.39 Å². The fourth-order valence-corrected chi connectivity index (χ4v) is 2.84. The van der Waals surface area contributed by atoms with Crippen molar-refractivity contribution in [2.24, 2.45) is 11.7 Å². The zero-order valence-corrected chi connectivity index (χ0v) is 11.2. The lowest BCUT2D eigenvalue weighted by Crippen LogP contribution is -2.24. The van der Waals surface area contributed by atoms with Crippen LogP contribution in [-0.2, 0) is 13.1 Å². The van der Waals surface area contributed by atoms with Crippen molar-refractivity contribution < 1.29 is 4.39 Å². The highest BCUT2D eigenvalue weighted by atomic mass is 19.1. The third kappa shape index (κ3) is 3.53. The number of nitrogens with zero attached hydrogens (tertiary/aromatic N) is 1. The van der Waals surface area contributed by atoms with E-state index in [1.165, 1.54) is 25.7 Å². The van der Waals surface area contributed by atoms with Crippen LogP contribution in [0.25, 0.3) is 0 Å². The second-order valence-electron chi connectivity index (χ2n) is 5.48. The van der Waals surface area contributed by atoms with Gasteiger partial charge in [0, 0.05) is 25.2 Å². The molecule has 0 heterocycles. The molecule has 1 aliphatic rings. The zero-order valence-electron chi connectivity index (χ0n) is 11.2. The highest BCUT2D eigenvalue weighted by Gasteiger charge is 2.17. The lowest BCUT2D eigenvalue weighted by atomic mass is 10.1. The fraction of sp³-hybridized carbons (Fsp3) is 0.600. The number of halogens is 1. The highest BCUT2D eigenvalue weighted by Crippen LogP contribution is 2.25. The number of hydrogen-bond donors (Lipinski definition) is 1. The Labute approximate surface area is 109 Å². The summed E-state index contributed by atoms with van der Waals surface area (Å²) in [4.78, 5) is 2.23. The summed E-state index contributed by atoms with van der Waals surface area (Å²) in [5, 5.41) is 0. The smallest absolute Gasteiger partial charge is 0.128 e. The molecular formula is C15H23FN2. The van der Waals surface area contributed by atoms with E-state index in [0.29, 0.717) is 13.1 Å². The third-order valence-electron chi connectivity index (χ3n) is 3.84. The Morgan fingerprint density at radius 3 is 2.67 bits per heavy atom. The largest absolute Gasteiger partial charge is 0.326 e. The number of hydrogen-bond acceptors (Lipinski definition) is 2. The van der Waals surface area contributed by atoms with Gasteiger partial charge in [0.2, 0.25) is 0 Å². The van der Waals surface area contributed by atoms with Gasteiger partial charge in [-0.1, -0.05) is 25.0 Å². The van der Waals surface area contributed by atoms with E-state index in [1.54, 1.807) is 6.07 Å². The summed E-state index contributed by atoms with van der Waals surface area (Å²) in [6, 6.07) is 5.34. The first kappa shape index (κ1) is 13.5. The monoisotopic (exact) mass is 250 g/mol. The first-order chi connectivity index (χ1) is 8.69. The summed E-state index contributed by atoms with van der Waals surface area (Å²) in [7, 11) is 2.08. The van der Waals surface area contributed by atoms with Crippen molar-refractivity contribution in [3.8, 4) is 0 Å². The van der Waals surface area contributed by atoms with E-state index in [-0.39, 0.29) is 5.82 Å². The normalized spacial score (nSPS) is 16.7. The van der Waals surface area contributed by atoms with Crippen molar-refractivity contribution in [2.45, 2.75) is 38.8 Å². The molecule has 18 heavy (non-hydrogen) atoms. The van der Waals surface area contributed by atoms with Crippen LogP contribution in [0.4, 0.5) is 4.39 Å². The van der Waals surface area contributed by atoms with Gasteiger partial charge < -0.3 is 10.6 Å². The van der Waals surface area contributed by atoms with Crippen LogP contribution in [-0.4, -0.2) is 18.5 Å². The number of benzene rings is 1. The van der Waals surface area contributed by atoms with E-state index in [1.807, 2.05) is 12.1 Å². The molecule has 0 aliphatic heterocycles. The van der Waals surface area contributed by atoms with Crippen molar-refractivity contribution in [3.63, 3.8) is 0 Å². The van der Waals surface area contributed by atoms with E-state index in [9.17, 15) is 4.39 Å². The summed E-state index contributed by atoms with van der Waals surface area (Å²) in [6.45, 7) is 2.17. The summed E-state index contributed by atoms with van der Waals surface area (Å²) < 4.78 is 13.8. The highest BCUT2D eigenvalue weighted by molar-refractivity contribution is 5.24. The molecule has 3 heteroatoms. The quantitative estimate of drug-likeness (QED) is 0.870. The third-order valence-corrected chi connectivity index (χ3v) is 3.84. The Morgan fingerprint density at radius 2 is 2.06 bits per heavy atom. The van der Waals surface area contributed by atoms with E-state index in [2.05, 4.69) is 11.9 Å². The van der Waals surface area contributed by atoms with E-state index in [4.69, 9.17) is 5.73 Å². The molecule has 0 unspecified atom stereocenters. The van der Waals surface area contributed by atoms with E-state index >= 15 is 0 Å². The maximum absolute atomic E-state index is 13.8. The fourth-order valence-electron chi connectivity index (χ4n) is 2.84. The first-order valence-corrected chi connectivity index (χ1v) is 6.85. The minimum atomic E-state index is -0.128. The molecule has 2 rings (SSSR count). The van der Waals surface area contributed by atoms with Crippen LogP contribution >= 0.6 is 0 Å². The Kier molecular flexibility index (Phi) is 4.72. The molecule has 2 N–H and O–H groups in total. The van der Waals surface area contributed by atoms with Crippen molar-refractivity contribution in [3.05, 3.63) is 35.1 Å². The summed E-state index contributed by atoms with van der Waals surface area (Å²) in [6.07, 6.45) is 5.38. The molecule has 0 radical (unpaired) electrons. The van der Waals surface area contributed by atoms with Crippen molar-refractivity contribution >= 4 is 0 Å². The molecule has 0 amide bonds. The standard InChI is InChI=1S/C15H23FN2/c1-18(10-12-4-2-3-5-12)11-14-7-6-13(9-17)8-15(14)16/h6-8,12H,2-5,9-11,17H2,1H3. The predicted molar refractivity (Wildman–Crippen MR) is 72.6 cm³/mol. The molecule has 100 valence electrons. The molecular weight excluding hydrogens is 227 g/mol. The Bertz CT molecular complexity index is 386. The van der Waals surface area contributed by atoms with Gasteiger partial charge >= 0.3 is 0 Å². The van der Waals surface area contributed by atoms with Crippen LogP contribution in [0.3, 0.4) is 0 Å². The topological polar surface area (TPSA) is 29.3 Å². The van der Waals surface area contributed by atoms with Crippen molar-refractivity contribution in [1.29, 1.82) is 0 Å². The molecule has 0 atom stereocenters. The second kappa shape index (κ2) is 6.30. The van der Waals surface area contributed by atoms with Gasteiger partial charge in [0.15, 0.2) is 0 Å². The molecule has 0 bridgehead atoms. The van der Waals surface area contributed by atoms with Crippen molar-refractivity contribution in [1.82, 2.24) is 4.90 Å². The lowest BCUT2D eigenvalue weighted by molar-refractivity contribution is 0.268. The van der Waals surface area contributed by atoms with Gasteiger partial charge in [0.1, 0.15) is 5.82 Å². The summed E-state index contributed by atoms with van der Waals surface area (Å²) in [5.41, 5.74) is 7.13. The minimum absolute atomic E-state index is 0.128. The SMILES string of the molecule is CN(Cc1ccc(CN)cc1F)CC1CCCC1. The molecule has 1 aromatic carbocycles. The molecule has 0 saturated heterocycles. The maximum Gasteiger partial charge on any atom is 0.128 e. The average Bonchev–Trinajstić information content (AvgIpc) is 2.84. The van der Waals surface area contributed by atoms with Crippen LogP contribution in [0.15, 0.2) is 18.2 Å². The molecule has 2 nitrogen and oxygen atoms in total. The lowest BCUT2D eigenvalue weighted by Gasteiger charge is -2.21. The maximum atomic E-state index is 13.8. The second-order valence-corrected chi connectivity index (χ2v) is 5.48. The molecule has 1 fully saturated rings. The van der Waals surface area contributed by atoms with E-state index in [0.717, 1.165) is 23.6 Å². The average molecular weight is 250 g/mol. The van der Waals surface area contributed by atoms with Crippen LogP contribution in [0.1, 0.15) is 36.8 Å². The summed E-state index contributed by atoms with van der Waals surface area (Å²) >= 11 is 0. The summed E-state index contributed by atoms with van der Waals surface area (Å²) in [5.74, 6) is 0.678. The van der Waals surface area contributed by atoms with Crippen LogP contribution < -0.4 is 5.73 Å². The van der Waals surface area contributed by atoms with Gasteiger partial charge in [-0.15, -0.1) is 0 Å². The Balaban J connectivity index is 1.91. The van der Waals surface area contributed by atoms with Crippen LogP contribution in [0.2, 0.25) is 0 Å². The number of rotatable bonds is 5. The van der Waals surface area contributed by atoms with E-state index < -0.39 is 0 Å². The van der Waals surface area contributed by atoms with Gasteiger partial charge in [0.25, 0.3) is 0 Å². The van der Waals surface area contributed by atoms with Gasteiger partial charge in [-0.05, 0) is 37.4 Å². The van der Waals surface area contributed by atoms with Crippen LogP contribution in [0.5, 0.6) is 0 Å². The molecule has 1 aromatic rings. The number of nitrogens with two attached hydrogens (primary N) is 1. The van der Waals surface area contributed by atoms with Gasteiger partial charge in [-0.3, -0.25) is 0 Å². The van der Waals surface area contributed by atoms with Gasteiger partial charge in [-0.2, -0.15) is 0 Å². The van der Waals surface area contributed by atoms with Crippen molar-refractivity contribution in [2.75, 3.05) is 13.6 Å². The Hall–Kier alpha value is -0.930. The predicted octanol–water partition coefficient (Wildman–Crippen LogP) is 2.91. The molecule has 0 spiro atoms. The minimum Gasteiger partial charge on any atom is -0.326 e. The first-order valence-electron chi connectivity index (χ1n) is 6.85. The zero-order chi connectivity index (χ0) is 13.0. The Morgan fingerprint density at radius 1 is 1.33 bits per heavy atom. The molecule has 0 aromatic heterocycles. The molecule has 1 saturated carbocycles. The molecule has 1 aliphatic carbocycles. The van der Waals surface area contributed by atoms with Crippen LogP contribution in [0, 0.1) is 11.7 Å². The van der Waals surface area contributed by atoms with Gasteiger partial charge in [0.05, 0.1) is 0 Å².